The summed E-state index contributed by atoms with van der Waals surface area (Å²) in [5.41, 5.74) is 2.59. The highest BCUT2D eigenvalue weighted by molar-refractivity contribution is 5.89. The number of anilines is 1. The van der Waals surface area contributed by atoms with Crippen LogP contribution in [0.4, 0.5) is 10.5 Å². The van der Waals surface area contributed by atoms with Gasteiger partial charge in [0.25, 0.3) is 0 Å². The first kappa shape index (κ1) is 20.2. The van der Waals surface area contributed by atoms with E-state index in [0.717, 1.165) is 16.8 Å². The van der Waals surface area contributed by atoms with Gasteiger partial charge in [-0.15, -0.1) is 0 Å². The molecular weight excluding hydrogens is 372 g/mol. The summed E-state index contributed by atoms with van der Waals surface area (Å²) in [5, 5.41) is 6.89. The van der Waals surface area contributed by atoms with Crippen molar-refractivity contribution in [2.24, 2.45) is 0 Å². The van der Waals surface area contributed by atoms with E-state index < -0.39 is 0 Å². The molecule has 152 valence electrons. The van der Waals surface area contributed by atoms with E-state index in [9.17, 15) is 4.79 Å². The molecule has 3 rings (SSSR count). The van der Waals surface area contributed by atoms with Crippen LogP contribution >= 0.6 is 0 Å². The number of hydrogen-bond donors (Lipinski definition) is 1. The maximum Gasteiger partial charge on any atom is 0.322 e. The lowest BCUT2D eigenvalue weighted by Gasteiger charge is -2.19. The topological polar surface area (TPSA) is 89.7 Å². The number of aromatic nitrogens is 2. The maximum atomic E-state index is 12.6. The van der Waals surface area contributed by atoms with Gasteiger partial charge in [-0.3, -0.25) is 0 Å². The number of nitrogens with zero attached hydrogens (tertiary/aromatic N) is 3. The number of nitrogens with one attached hydrogen (secondary N) is 1. The van der Waals surface area contributed by atoms with E-state index in [0.29, 0.717) is 29.8 Å². The van der Waals surface area contributed by atoms with E-state index in [1.165, 1.54) is 0 Å². The Morgan fingerprint density at radius 1 is 1.10 bits per heavy atom. The second-order valence-corrected chi connectivity index (χ2v) is 6.39. The van der Waals surface area contributed by atoms with Gasteiger partial charge in [-0.2, -0.15) is 4.98 Å². The number of ether oxygens (including phenoxy) is 2. The number of methoxy groups -OCH3 is 2. The van der Waals surface area contributed by atoms with Crippen LogP contribution in [0.5, 0.6) is 11.5 Å². The molecule has 0 bridgehead atoms. The quantitative estimate of drug-likeness (QED) is 0.646. The van der Waals surface area contributed by atoms with Crippen molar-refractivity contribution in [2.75, 3.05) is 26.1 Å². The minimum atomic E-state index is -0.234. The molecular formula is C21H24N4O4. The molecule has 0 unspecified atom stereocenters. The number of aryl methyl sites for hydroxylation is 1. The first-order valence-electron chi connectivity index (χ1n) is 9.21. The molecule has 0 radical (unpaired) electrons. The summed E-state index contributed by atoms with van der Waals surface area (Å²) in [4.78, 5) is 18.6. The molecule has 0 saturated heterocycles. The fourth-order valence-electron chi connectivity index (χ4n) is 2.74. The Hall–Kier alpha value is -3.55. The van der Waals surface area contributed by atoms with Crippen molar-refractivity contribution < 1.29 is 18.8 Å². The van der Waals surface area contributed by atoms with Gasteiger partial charge < -0.3 is 24.2 Å². The van der Waals surface area contributed by atoms with Crippen LogP contribution < -0.4 is 14.8 Å². The lowest BCUT2D eigenvalue weighted by molar-refractivity contribution is 0.203. The van der Waals surface area contributed by atoms with Crippen molar-refractivity contribution in [1.29, 1.82) is 0 Å². The van der Waals surface area contributed by atoms with Crippen LogP contribution in [0.2, 0.25) is 0 Å². The van der Waals surface area contributed by atoms with E-state index in [-0.39, 0.29) is 12.6 Å². The van der Waals surface area contributed by atoms with E-state index in [1.54, 1.807) is 31.3 Å². The fraction of sp³-hybridized carbons (Fsp3) is 0.286. The van der Waals surface area contributed by atoms with Crippen LogP contribution in [0.3, 0.4) is 0 Å². The predicted molar refractivity (Wildman–Crippen MR) is 109 cm³/mol. The van der Waals surface area contributed by atoms with E-state index in [1.807, 2.05) is 44.2 Å². The summed E-state index contributed by atoms with van der Waals surface area (Å²) in [5.74, 6) is 1.94. The molecule has 0 aliphatic rings. The highest BCUT2D eigenvalue weighted by atomic mass is 16.5. The lowest BCUT2D eigenvalue weighted by atomic mass is 10.2. The van der Waals surface area contributed by atoms with E-state index in [4.69, 9.17) is 14.0 Å². The highest BCUT2D eigenvalue weighted by Gasteiger charge is 2.18. The Bertz CT molecular complexity index is 969. The van der Waals surface area contributed by atoms with Crippen molar-refractivity contribution >= 4 is 11.7 Å². The number of urea groups is 1. The van der Waals surface area contributed by atoms with Gasteiger partial charge >= 0.3 is 6.03 Å². The van der Waals surface area contributed by atoms with Crippen LogP contribution in [-0.4, -0.2) is 41.8 Å². The van der Waals surface area contributed by atoms with Crippen molar-refractivity contribution in [2.45, 2.75) is 20.4 Å². The first-order chi connectivity index (χ1) is 14.0. The fourth-order valence-corrected chi connectivity index (χ4v) is 2.74. The van der Waals surface area contributed by atoms with Crippen LogP contribution in [0.15, 0.2) is 47.0 Å². The van der Waals surface area contributed by atoms with Gasteiger partial charge in [-0.25, -0.2) is 4.79 Å². The molecule has 8 nitrogen and oxygen atoms in total. The summed E-state index contributed by atoms with van der Waals surface area (Å²) in [7, 11) is 3.14. The molecule has 0 fully saturated rings. The van der Waals surface area contributed by atoms with E-state index in [2.05, 4.69) is 15.5 Å². The molecule has 1 aromatic heterocycles. The number of benzene rings is 2. The van der Waals surface area contributed by atoms with Crippen molar-refractivity contribution in [3.63, 3.8) is 0 Å². The van der Waals surface area contributed by atoms with Gasteiger partial charge in [0.15, 0.2) is 11.5 Å². The Morgan fingerprint density at radius 2 is 1.83 bits per heavy atom. The number of carbonyl (C=O) groups excluding carboxylic acids is 1. The molecule has 8 heteroatoms. The highest BCUT2D eigenvalue weighted by Crippen LogP contribution is 2.31. The SMILES string of the molecule is CCN(Cc1nc(-c2ccc(OC)c(OC)c2)no1)C(=O)Nc1ccc(C)cc1. The molecule has 29 heavy (non-hydrogen) atoms. The van der Waals surface area contributed by atoms with Gasteiger partial charge in [0.2, 0.25) is 11.7 Å². The number of hydrogen-bond acceptors (Lipinski definition) is 6. The minimum Gasteiger partial charge on any atom is -0.493 e. The summed E-state index contributed by atoms with van der Waals surface area (Å²) in [6.45, 7) is 4.58. The first-order valence-corrected chi connectivity index (χ1v) is 9.21. The smallest absolute Gasteiger partial charge is 0.322 e. The van der Waals surface area contributed by atoms with Crippen molar-refractivity contribution in [3.8, 4) is 22.9 Å². The van der Waals surface area contributed by atoms with Crippen molar-refractivity contribution in [1.82, 2.24) is 15.0 Å². The van der Waals surface area contributed by atoms with Gasteiger partial charge in [0.1, 0.15) is 6.54 Å². The second-order valence-electron chi connectivity index (χ2n) is 6.39. The third-order valence-electron chi connectivity index (χ3n) is 4.41. The van der Waals surface area contributed by atoms with Crippen molar-refractivity contribution in [3.05, 3.63) is 53.9 Å². The molecule has 0 saturated carbocycles. The largest absolute Gasteiger partial charge is 0.493 e. The molecule has 0 aliphatic carbocycles. The Balaban J connectivity index is 1.70. The molecule has 1 heterocycles. The van der Waals surface area contributed by atoms with Crippen LogP contribution in [0.25, 0.3) is 11.4 Å². The van der Waals surface area contributed by atoms with Crippen LogP contribution in [0.1, 0.15) is 18.4 Å². The summed E-state index contributed by atoms with van der Waals surface area (Å²) >= 11 is 0. The molecule has 1 N–H and O–H groups in total. The summed E-state index contributed by atoms with van der Waals surface area (Å²) in [6, 6.07) is 12.7. The van der Waals surface area contributed by atoms with Gasteiger partial charge in [-0.1, -0.05) is 22.9 Å². The van der Waals surface area contributed by atoms with Crippen LogP contribution in [0, 0.1) is 6.92 Å². The third kappa shape index (κ3) is 4.84. The molecule has 0 aliphatic heterocycles. The normalized spacial score (nSPS) is 10.5. The molecule has 3 aromatic rings. The Morgan fingerprint density at radius 3 is 2.48 bits per heavy atom. The van der Waals surface area contributed by atoms with Crippen LogP contribution in [-0.2, 0) is 6.54 Å². The zero-order chi connectivity index (χ0) is 20.8. The average Bonchev–Trinajstić information content (AvgIpc) is 3.21. The minimum absolute atomic E-state index is 0.203. The van der Waals surface area contributed by atoms with Gasteiger partial charge in [0, 0.05) is 17.8 Å². The average molecular weight is 396 g/mol. The second kappa shape index (κ2) is 9.09. The molecule has 2 amide bonds. The predicted octanol–water partition coefficient (Wildman–Crippen LogP) is 4.12. The number of carbonyl (C=O) groups is 1. The summed E-state index contributed by atoms with van der Waals surface area (Å²) < 4.78 is 15.9. The lowest BCUT2D eigenvalue weighted by Crippen LogP contribution is -2.34. The van der Waals surface area contributed by atoms with E-state index >= 15 is 0 Å². The number of amides is 2. The Labute approximate surface area is 169 Å². The van der Waals surface area contributed by atoms with Gasteiger partial charge in [0.05, 0.1) is 14.2 Å². The standard InChI is InChI=1S/C21H24N4O4/c1-5-25(21(26)22-16-9-6-14(2)7-10-16)13-19-23-20(24-29-19)15-8-11-17(27-3)18(12-15)28-4/h6-12H,5,13H2,1-4H3,(H,22,26). The monoisotopic (exact) mass is 396 g/mol. The van der Waals surface area contributed by atoms with Gasteiger partial charge in [-0.05, 0) is 44.2 Å². The third-order valence-corrected chi connectivity index (χ3v) is 4.41. The summed E-state index contributed by atoms with van der Waals surface area (Å²) in [6.07, 6.45) is 0. The zero-order valence-electron chi connectivity index (χ0n) is 16.9. The Kier molecular flexibility index (Phi) is 6.33. The number of rotatable bonds is 7. The molecule has 2 aromatic carbocycles. The molecule has 0 atom stereocenters. The molecule has 0 spiro atoms. The zero-order valence-corrected chi connectivity index (χ0v) is 16.9. The maximum absolute atomic E-state index is 12.6.